The van der Waals surface area contributed by atoms with Crippen molar-refractivity contribution in [2.24, 2.45) is 0 Å². The summed E-state index contributed by atoms with van der Waals surface area (Å²) in [6.45, 7) is 7.89. The zero-order valence-electron chi connectivity index (χ0n) is 16.2. The SMILES string of the molecule is Cc1nc2sc3c(c2c2nc(C(=O)NCC4CCCO4)nn12)CC(C)(C)OC3. The number of carbonyl (C=O) groups is 1. The summed E-state index contributed by atoms with van der Waals surface area (Å²) in [6, 6.07) is 0. The van der Waals surface area contributed by atoms with E-state index in [1.54, 1.807) is 15.9 Å². The highest BCUT2D eigenvalue weighted by molar-refractivity contribution is 7.19. The van der Waals surface area contributed by atoms with Crippen LogP contribution in [0.15, 0.2) is 0 Å². The van der Waals surface area contributed by atoms with Crippen LogP contribution in [0, 0.1) is 6.92 Å². The monoisotopic (exact) mass is 401 g/mol. The van der Waals surface area contributed by atoms with Crippen molar-refractivity contribution in [1.29, 1.82) is 0 Å². The number of nitrogens with zero attached hydrogens (tertiary/aromatic N) is 4. The molecule has 2 aliphatic heterocycles. The van der Waals surface area contributed by atoms with Gasteiger partial charge in [0.15, 0.2) is 5.65 Å². The van der Waals surface area contributed by atoms with Gasteiger partial charge in [-0.15, -0.1) is 16.4 Å². The highest BCUT2D eigenvalue weighted by Gasteiger charge is 2.31. The molecule has 1 N–H and O–H groups in total. The first kappa shape index (κ1) is 18.0. The molecule has 9 heteroatoms. The average molecular weight is 401 g/mol. The van der Waals surface area contributed by atoms with Gasteiger partial charge in [-0.25, -0.2) is 9.97 Å². The van der Waals surface area contributed by atoms with Gasteiger partial charge in [0.05, 0.1) is 23.7 Å². The molecule has 0 aromatic carbocycles. The van der Waals surface area contributed by atoms with Crippen LogP contribution in [0.4, 0.5) is 0 Å². The molecule has 3 aromatic rings. The number of fused-ring (bicyclic) bond motifs is 5. The summed E-state index contributed by atoms with van der Waals surface area (Å²) in [5, 5.41) is 8.33. The molecule has 0 saturated carbocycles. The third-order valence-electron chi connectivity index (χ3n) is 5.39. The van der Waals surface area contributed by atoms with Crippen molar-refractivity contribution in [3.63, 3.8) is 0 Å². The first-order valence-electron chi connectivity index (χ1n) is 9.63. The molecule has 3 aromatic heterocycles. The van der Waals surface area contributed by atoms with E-state index >= 15 is 0 Å². The van der Waals surface area contributed by atoms with Gasteiger partial charge in [-0.3, -0.25) is 4.79 Å². The van der Waals surface area contributed by atoms with E-state index in [9.17, 15) is 4.79 Å². The van der Waals surface area contributed by atoms with Crippen molar-refractivity contribution in [2.75, 3.05) is 13.2 Å². The maximum Gasteiger partial charge on any atom is 0.291 e. The smallest absolute Gasteiger partial charge is 0.291 e. The zero-order chi connectivity index (χ0) is 19.5. The minimum Gasteiger partial charge on any atom is -0.376 e. The predicted octanol–water partition coefficient (Wildman–Crippen LogP) is 2.41. The lowest BCUT2D eigenvalue weighted by Gasteiger charge is -2.30. The van der Waals surface area contributed by atoms with Crippen molar-refractivity contribution >= 4 is 33.1 Å². The van der Waals surface area contributed by atoms with Gasteiger partial charge in [0.2, 0.25) is 5.82 Å². The van der Waals surface area contributed by atoms with Crippen molar-refractivity contribution in [1.82, 2.24) is 24.9 Å². The molecule has 5 heterocycles. The highest BCUT2D eigenvalue weighted by atomic mass is 32.1. The number of thiophene rings is 1. The first-order valence-corrected chi connectivity index (χ1v) is 10.4. The number of hydrogen-bond donors (Lipinski definition) is 1. The van der Waals surface area contributed by atoms with E-state index in [0.717, 1.165) is 36.1 Å². The standard InChI is InChI=1S/C19H23N5O3S/c1-10-21-18-14(12-7-19(2,3)27-9-13(12)28-18)16-22-15(23-24(10)16)17(25)20-8-11-5-4-6-26-11/h11H,4-9H2,1-3H3,(H,20,25). The summed E-state index contributed by atoms with van der Waals surface area (Å²) in [6.07, 6.45) is 2.89. The Bertz CT molecular complexity index is 1080. The number of amides is 1. The largest absolute Gasteiger partial charge is 0.376 e. The predicted molar refractivity (Wildman–Crippen MR) is 105 cm³/mol. The Morgan fingerprint density at radius 2 is 2.25 bits per heavy atom. The van der Waals surface area contributed by atoms with E-state index in [-0.39, 0.29) is 23.4 Å². The molecule has 1 atom stereocenters. The van der Waals surface area contributed by atoms with Crippen LogP contribution in [0.5, 0.6) is 0 Å². The second kappa shape index (κ2) is 6.47. The lowest BCUT2D eigenvalue weighted by atomic mass is 9.94. The normalized spacial score (nSPS) is 21.3. The lowest BCUT2D eigenvalue weighted by Crippen LogP contribution is -2.32. The van der Waals surface area contributed by atoms with Gasteiger partial charge in [0.25, 0.3) is 5.91 Å². The number of hydrogen-bond acceptors (Lipinski definition) is 7. The molecule has 1 amide bonds. The van der Waals surface area contributed by atoms with Crippen molar-refractivity contribution in [3.05, 3.63) is 22.1 Å². The number of rotatable bonds is 3. The third kappa shape index (κ3) is 2.98. The second-order valence-corrected chi connectivity index (χ2v) is 9.17. The van der Waals surface area contributed by atoms with Crippen LogP contribution in [0.1, 0.15) is 53.6 Å². The van der Waals surface area contributed by atoms with Gasteiger partial charge in [-0.05, 0) is 39.2 Å². The fourth-order valence-electron chi connectivity index (χ4n) is 3.93. The number of nitrogens with one attached hydrogen (secondary N) is 1. The molecule has 0 radical (unpaired) electrons. The first-order chi connectivity index (χ1) is 13.4. The second-order valence-electron chi connectivity index (χ2n) is 8.08. The molecule has 5 rings (SSSR count). The van der Waals surface area contributed by atoms with Crippen LogP contribution in [0.2, 0.25) is 0 Å². The quantitative estimate of drug-likeness (QED) is 0.725. The van der Waals surface area contributed by atoms with E-state index < -0.39 is 0 Å². The average Bonchev–Trinajstić information content (AvgIpc) is 3.36. The molecule has 1 fully saturated rings. The summed E-state index contributed by atoms with van der Waals surface area (Å²) in [7, 11) is 0. The van der Waals surface area contributed by atoms with Gasteiger partial charge >= 0.3 is 0 Å². The van der Waals surface area contributed by atoms with E-state index in [1.807, 2.05) is 6.92 Å². The molecule has 2 aliphatic rings. The maximum absolute atomic E-state index is 12.6. The molecule has 28 heavy (non-hydrogen) atoms. The summed E-state index contributed by atoms with van der Waals surface area (Å²) in [5.74, 6) is 0.605. The minimum atomic E-state index is -0.278. The Balaban J connectivity index is 1.54. The van der Waals surface area contributed by atoms with Crippen LogP contribution in [0.3, 0.4) is 0 Å². The molecule has 8 nitrogen and oxygen atoms in total. The van der Waals surface area contributed by atoms with Gasteiger partial charge in [0, 0.05) is 24.4 Å². The fraction of sp³-hybridized carbons (Fsp3) is 0.579. The van der Waals surface area contributed by atoms with E-state index in [0.29, 0.717) is 24.6 Å². The molecule has 1 unspecified atom stereocenters. The number of carbonyl (C=O) groups excluding carboxylic acids is 1. The summed E-state index contributed by atoms with van der Waals surface area (Å²) < 4.78 is 13.2. The van der Waals surface area contributed by atoms with Crippen LogP contribution in [-0.4, -0.2) is 50.3 Å². The van der Waals surface area contributed by atoms with Gasteiger partial charge < -0.3 is 14.8 Å². The van der Waals surface area contributed by atoms with E-state index in [1.165, 1.54) is 10.4 Å². The topological polar surface area (TPSA) is 90.6 Å². The Hall–Kier alpha value is -2.10. The van der Waals surface area contributed by atoms with Crippen LogP contribution in [-0.2, 0) is 22.5 Å². The Morgan fingerprint density at radius 1 is 1.39 bits per heavy atom. The minimum absolute atomic E-state index is 0.0854. The van der Waals surface area contributed by atoms with Gasteiger partial charge in [0.1, 0.15) is 10.7 Å². The maximum atomic E-state index is 12.6. The Morgan fingerprint density at radius 3 is 3.04 bits per heavy atom. The summed E-state index contributed by atoms with van der Waals surface area (Å²) >= 11 is 1.64. The zero-order valence-corrected chi connectivity index (χ0v) is 17.1. The van der Waals surface area contributed by atoms with Crippen molar-refractivity contribution in [2.45, 2.75) is 58.3 Å². The molecule has 0 spiro atoms. The van der Waals surface area contributed by atoms with Gasteiger partial charge in [-0.2, -0.15) is 4.52 Å². The van der Waals surface area contributed by atoms with Crippen LogP contribution < -0.4 is 5.32 Å². The van der Waals surface area contributed by atoms with E-state index in [4.69, 9.17) is 14.5 Å². The Kier molecular flexibility index (Phi) is 4.15. The number of aryl methyl sites for hydroxylation is 1. The lowest BCUT2D eigenvalue weighted by molar-refractivity contribution is -0.0379. The molecular formula is C19H23N5O3S. The number of ether oxygens (including phenoxy) is 2. The van der Waals surface area contributed by atoms with E-state index in [2.05, 4.69) is 29.2 Å². The van der Waals surface area contributed by atoms with Crippen molar-refractivity contribution in [3.8, 4) is 0 Å². The van der Waals surface area contributed by atoms with Gasteiger partial charge in [-0.1, -0.05) is 0 Å². The Labute approximate surface area is 166 Å². The van der Waals surface area contributed by atoms with Crippen LogP contribution in [0.25, 0.3) is 15.9 Å². The molecule has 1 saturated heterocycles. The summed E-state index contributed by atoms with van der Waals surface area (Å²) in [5.41, 5.74) is 1.68. The molecule has 148 valence electrons. The highest BCUT2D eigenvalue weighted by Crippen LogP contribution is 2.39. The summed E-state index contributed by atoms with van der Waals surface area (Å²) in [4.78, 5) is 24.0. The molecule has 0 bridgehead atoms. The number of aromatic nitrogens is 4. The molecule has 0 aliphatic carbocycles. The van der Waals surface area contributed by atoms with Crippen LogP contribution >= 0.6 is 11.3 Å². The van der Waals surface area contributed by atoms with Crippen molar-refractivity contribution < 1.29 is 14.3 Å². The molecular weight excluding hydrogens is 378 g/mol. The third-order valence-corrected chi connectivity index (χ3v) is 6.49. The fourth-order valence-corrected chi connectivity index (χ4v) is 5.07.